The summed E-state index contributed by atoms with van der Waals surface area (Å²) in [6.45, 7) is 7.28. The minimum atomic E-state index is -1.06. The van der Waals surface area contributed by atoms with Gasteiger partial charge in [-0.1, -0.05) is 33.1 Å². The first-order valence-corrected chi connectivity index (χ1v) is 12.6. The monoisotopic (exact) mass is 509 g/mol. The Labute approximate surface area is 217 Å². The van der Waals surface area contributed by atoms with Crippen LogP contribution in [0.1, 0.15) is 78.8 Å². The van der Waals surface area contributed by atoms with Crippen molar-refractivity contribution in [2.24, 2.45) is 17.8 Å². The molecule has 5 N–H and O–H groups in total. The van der Waals surface area contributed by atoms with Crippen molar-refractivity contribution in [3.8, 4) is 5.75 Å². The Bertz CT molecular complexity index is 1010. The van der Waals surface area contributed by atoms with Gasteiger partial charge in [0.05, 0.1) is 17.9 Å². The predicted octanol–water partition coefficient (Wildman–Crippen LogP) is 4.21. The van der Waals surface area contributed by atoms with Gasteiger partial charge < -0.3 is 25.7 Å². The number of benzene rings is 1. The molecule has 1 fully saturated rings. The SMILES string of the molecule is CC(=O)CC(=O)C1C(=O)C2=C(O)c3c(O)c(C)cc(N(C)C)c3CC2CC1CCO.CCCCC.O.[HH].[HH]. The van der Waals surface area contributed by atoms with Crippen LogP contribution in [0.15, 0.2) is 11.6 Å². The summed E-state index contributed by atoms with van der Waals surface area (Å²) in [5.41, 5.74) is 2.60. The lowest BCUT2D eigenvalue weighted by Crippen LogP contribution is -2.43. The van der Waals surface area contributed by atoms with Gasteiger partial charge in [0, 0.05) is 34.8 Å². The first-order chi connectivity index (χ1) is 16.5. The highest BCUT2D eigenvalue weighted by Gasteiger charge is 2.47. The van der Waals surface area contributed by atoms with Crippen LogP contribution in [0.5, 0.6) is 5.75 Å². The van der Waals surface area contributed by atoms with Crippen molar-refractivity contribution in [1.82, 2.24) is 0 Å². The Kier molecular flexibility index (Phi) is 11.8. The molecule has 2 aliphatic rings. The molecule has 8 heteroatoms. The smallest absolute Gasteiger partial charge is 0.173 e. The van der Waals surface area contributed by atoms with Crippen LogP contribution < -0.4 is 4.90 Å². The molecular formula is C28H47NO7. The molecule has 206 valence electrons. The van der Waals surface area contributed by atoms with Gasteiger partial charge in [-0.15, -0.1) is 0 Å². The first-order valence-electron chi connectivity index (χ1n) is 12.6. The molecule has 0 heterocycles. The number of anilines is 1. The molecular weight excluding hydrogens is 462 g/mol. The highest BCUT2D eigenvalue weighted by Crippen LogP contribution is 2.49. The van der Waals surface area contributed by atoms with E-state index in [4.69, 9.17) is 0 Å². The zero-order chi connectivity index (χ0) is 26.4. The highest BCUT2D eigenvalue weighted by molar-refractivity contribution is 6.17. The summed E-state index contributed by atoms with van der Waals surface area (Å²) in [5.74, 6) is -3.41. The topological polar surface area (TPSA) is 147 Å². The lowest BCUT2D eigenvalue weighted by molar-refractivity contribution is -0.137. The number of carbonyl (C=O) groups excluding carboxylic acids is 3. The average Bonchev–Trinajstić information content (AvgIpc) is 2.76. The number of hydrogen-bond acceptors (Lipinski definition) is 7. The number of hydrogen-bond donors (Lipinski definition) is 3. The van der Waals surface area contributed by atoms with Crippen LogP contribution >= 0.6 is 0 Å². The van der Waals surface area contributed by atoms with Crippen LogP contribution in [-0.2, 0) is 20.8 Å². The number of aryl methyl sites for hydroxylation is 1. The van der Waals surface area contributed by atoms with Gasteiger partial charge in [-0.25, -0.2) is 0 Å². The predicted molar refractivity (Wildman–Crippen MR) is 146 cm³/mol. The molecule has 0 bridgehead atoms. The standard InChI is InChI=1S/C23H29NO6.C5H12.H2O.2H2/c1-11-7-16(24(3)4)15-10-14-9-13(5-6-25)18(17(27)8-12(2)26)22(29)19(14)23(30)20(15)21(11)28;1-3-5-4-2;;;/h7,13-14,18,25,28,30H,5-6,8-10H2,1-4H3;3-5H2,1-2H3;1H2;2*1H. The average molecular weight is 510 g/mol. The molecule has 1 aromatic rings. The number of carbonyl (C=O) groups is 3. The maximum absolute atomic E-state index is 13.4. The number of ketones is 3. The minimum absolute atomic E-state index is 0. The van der Waals surface area contributed by atoms with E-state index in [-0.39, 0.29) is 68.0 Å². The Morgan fingerprint density at radius 1 is 1.17 bits per heavy atom. The Hall–Kier alpha value is -2.71. The van der Waals surface area contributed by atoms with Gasteiger partial charge in [-0.3, -0.25) is 14.4 Å². The molecule has 0 saturated heterocycles. The molecule has 0 aromatic heterocycles. The van der Waals surface area contributed by atoms with Gasteiger partial charge in [0.2, 0.25) is 0 Å². The third kappa shape index (κ3) is 6.53. The summed E-state index contributed by atoms with van der Waals surface area (Å²) in [6.07, 6.45) is 4.89. The molecule has 3 unspecified atom stereocenters. The zero-order valence-electron chi connectivity index (χ0n) is 22.5. The van der Waals surface area contributed by atoms with Crippen LogP contribution in [-0.4, -0.2) is 58.8 Å². The number of nitrogens with zero attached hydrogens (tertiary/aromatic N) is 1. The largest absolute Gasteiger partial charge is 0.507 e. The Morgan fingerprint density at radius 3 is 2.25 bits per heavy atom. The van der Waals surface area contributed by atoms with Crippen molar-refractivity contribution in [1.29, 1.82) is 0 Å². The normalized spacial score (nSPS) is 20.4. The summed E-state index contributed by atoms with van der Waals surface area (Å²) in [4.78, 5) is 39.5. The van der Waals surface area contributed by atoms with Crippen LogP contribution in [0.25, 0.3) is 5.76 Å². The second kappa shape index (κ2) is 13.6. The zero-order valence-corrected chi connectivity index (χ0v) is 22.5. The van der Waals surface area contributed by atoms with Crippen molar-refractivity contribution in [3.63, 3.8) is 0 Å². The lowest BCUT2D eigenvalue weighted by Gasteiger charge is -2.39. The van der Waals surface area contributed by atoms with Crippen molar-refractivity contribution in [2.45, 2.75) is 72.6 Å². The molecule has 8 nitrogen and oxygen atoms in total. The number of phenols is 1. The number of rotatable bonds is 8. The van der Waals surface area contributed by atoms with Crippen molar-refractivity contribution >= 4 is 28.8 Å². The van der Waals surface area contributed by atoms with Crippen molar-refractivity contribution in [3.05, 3.63) is 28.3 Å². The first kappa shape index (κ1) is 31.3. The molecule has 36 heavy (non-hydrogen) atoms. The fourth-order valence-electron chi connectivity index (χ4n) is 5.34. The summed E-state index contributed by atoms with van der Waals surface area (Å²) in [7, 11) is 3.75. The van der Waals surface area contributed by atoms with Gasteiger partial charge in [0.15, 0.2) is 11.6 Å². The van der Waals surface area contributed by atoms with Gasteiger partial charge in [0.1, 0.15) is 17.3 Å². The van der Waals surface area contributed by atoms with E-state index < -0.39 is 17.5 Å². The minimum Gasteiger partial charge on any atom is -0.507 e. The highest BCUT2D eigenvalue weighted by atomic mass is 16.3. The molecule has 3 rings (SSSR count). The van der Waals surface area contributed by atoms with Crippen LogP contribution in [0, 0.1) is 24.7 Å². The molecule has 0 aliphatic heterocycles. The van der Waals surface area contributed by atoms with E-state index >= 15 is 0 Å². The summed E-state index contributed by atoms with van der Waals surface area (Å²) in [6, 6.07) is 1.85. The van der Waals surface area contributed by atoms with Gasteiger partial charge >= 0.3 is 0 Å². The number of allylic oxidation sites excluding steroid dienone is 1. The second-order valence-electron chi connectivity index (χ2n) is 10.0. The van der Waals surface area contributed by atoms with E-state index in [0.29, 0.717) is 18.4 Å². The molecule has 0 radical (unpaired) electrons. The molecule has 0 spiro atoms. The number of fused-ring (bicyclic) bond motifs is 2. The third-order valence-corrected chi connectivity index (χ3v) is 6.99. The van der Waals surface area contributed by atoms with Crippen molar-refractivity contribution in [2.75, 3.05) is 25.6 Å². The lowest BCUT2D eigenvalue weighted by atomic mass is 9.63. The van der Waals surface area contributed by atoms with E-state index in [1.165, 1.54) is 26.2 Å². The van der Waals surface area contributed by atoms with Crippen LogP contribution in [0.4, 0.5) is 5.69 Å². The molecule has 1 aromatic carbocycles. The summed E-state index contributed by atoms with van der Waals surface area (Å²) < 4.78 is 0. The van der Waals surface area contributed by atoms with Crippen LogP contribution in [0.3, 0.4) is 0 Å². The molecule has 0 amide bonds. The van der Waals surface area contributed by atoms with Crippen molar-refractivity contribution < 1.29 is 38.0 Å². The Morgan fingerprint density at radius 2 is 1.78 bits per heavy atom. The number of unbranched alkanes of at least 4 members (excludes halogenated alkanes) is 2. The quantitative estimate of drug-likeness (QED) is 0.445. The maximum atomic E-state index is 13.4. The Balaban J connectivity index is 0. The number of aliphatic hydroxyl groups excluding tert-OH is 2. The van der Waals surface area contributed by atoms with E-state index in [0.717, 1.165) is 11.3 Å². The fourth-order valence-corrected chi connectivity index (χ4v) is 5.34. The van der Waals surface area contributed by atoms with Gasteiger partial charge in [-0.2, -0.15) is 0 Å². The molecule has 2 aliphatic carbocycles. The van der Waals surface area contributed by atoms with Gasteiger partial charge in [0.25, 0.3) is 0 Å². The molecule has 1 saturated carbocycles. The maximum Gasteiger partial charge on any atom is 0.173 e. The fraction of sp³-hybridized carbons (Fsp3) is 0.607. The van der Waals surface area contributed by atoms with E-state index in [9.17, 15) is 29.7 Å². The number of aromatic hydroxyl groups is 1. The summed E-state index contributed by atoms with van der Waals surface area (Å²) in [5, 5.41) is 31.2. The number of aliphatic hydroxyl groups is 2. The second-order valence-corrected chi connectivity index (χ2v) is 10.0. The van der Waals surface area contributed by atoms with E-state index in [2.05, 4.69) is 13.8 Å². The van der Waals surface area contributed by atoms with Crippen LogP contribution in [0.2, 0.25) is 0 Å². The third-order valence-electron chi connectivity index (χ3n) is 6.99. The van der Waals surface area contributed by atoms with E-state index in [1.54, 1.807) is 6.92 Å². The molecule has 3 atom stereocenters. The number of Topliss-reactive ketones (excluding diaryl/α,β-unsaturated/α-hetero) is 3. The summed E-state index contributed by atoms with van der Waals surface area (Å²) >= 11 is 0. The van der Waals surface area contributed by atoms with Gasteiger partial charge in [-0.05, 0) is 62.1 Å². The number of phenolic OH excluding ortho intramolecular Hbond substituents is 1. The van der Waals surface area contributed by atoms with E-state index in [1.807, 2.05) is 25.1 Å².